The topological polar surface area (TPSA) is 104 Å². The summed E-state index contributed by atoms with van der Waals surface area (Å²) in [5.41, 5.74) is 2.55. The number of thiophene rings is 1. The van der Waals surface area contributed by atoms with Crippen LogP contribution in [-0.4, -0.2) is 32.2 Å². The number of halogens is 1. The van der Waals surface area contributed by atoms with E-state index in [0.29, 0.717) is 38.4 Å². The summed E-state index contributed by atoms with van der Waals surface area (Å²) in [6, 6.07) is 10.2. The number of aryl methyl sites for hydroxylation is 1. The molecule has 4 aromatic rings. The lowest BCUT2D eigenvalue weighted by Crippen LogP contribution is -2.23. The van der Waals surface area contributed by atoms with Gasteiger partial charge in [-0.25, -0.2) is 4.79 Å². The third-order valence-electron chi connectivity index (χ3n) is 7.07. The molecule has 1 amide bonds. The fourth-order valence-corrected chi connectivity index (χ4v) is 6.50. The van der Waals surface area contributed by atoms with Crippen LogP contribution in [0.15, 0.2) is 45.6 Å². The fourth-order valence-electron chi connectivity index (χ4n) is 4.92. The molecule has 0 bridgehead atoms. The Labute approximate surface area is 246 Å². The van der Waals surface area contributed by atoms with Crippen molar-refractivity contribution in [3.8, 4) is 22.8 Å². The van der Waals surface area contributed by atoms with Crippen LogP contribution in [0.4, 0.5) is 5.00 Å². The lowest BCUT2D eigenvalue weighted by atomic mass is 9.88. The monoisotopic (exact) mass is 595 g/mol. The average Bonchev–Trinajstić information content (AvgIpc) is 3.30. The zero-order valence-electron chi connectivity index (χ0n) is 23.2. The van der Waals surface area contributed by atoms with Gasteiger partial charge in [-0.2, -0.15) is 0 Å². The van der Waals surface area contributed by atoms with E-state index >= 15 is 0 Å². The molecule has 2 heterocycles. The summed E-state index contributed by atoms with van der Waals surface area (Å²) in [5, 5.41) is 3.90. The normalized spacial score (nSPS) is 14.4. The van der Waals surface area contributed by atoms with Crippen LogP contribution in [0.1, 0.15) is 46.6 Å². The number of methoxy groups -OCH3 is 1. The van der Waals surface area contributed by atoms with Gasteiger partial charge in [0, 0.05) is 15.5 Å². The van der Waals surface area contributed by atoms with Crippen molar-refractivity contribution < 1.29 is 28.2 Å². The Kier molecular flexibility index (Phi) is 8.37. The zero-order valence-corrected chi connectivity index (χ0v) is 24.8. The van der Waals surface area contributed by atoms with Crippen molar-refractivity contribution in [2.45, 2.75) is 40.0 Å². The number of ether oxygens (including phenoxy) is 3. The molecule has 1 aliphatic carbocycles. The first kappa shape index (κ1) is 28.7. The van der Waals surface area contributed by atoms with Crippen molar-refractivity contribution >= 4 is 50.8 Å². The van der Waals surface area contributed by atoms with Crippen molar-refractivity contribution in [3.63, 3.8) is 0 Å². The van der Waals surface area contributed by atoms with Gasteiger partial charge >= 0.3 is 5.97 Å². The highest BCUT2D eigenvalue weighted by molar-refractivity contribution is 7.17. The summed E-state index contributed by atoms with van der Waals surface area (Å²) in [6.07, 6.45) is 2.55. The maximum Gasteiger partial charge on any atom is 0.341 e. The largest absolute Gasteiger partial charge is 0.497 e. The molecular formula is C31H30ClNO7S. The van der Waals surface area contributed by atoms with Crippen LogP contribution in [0.25, 0.3) is 22.3 Å². The molecule has 214 valence electrons. The summed E-state index contributed by atoms with van der Waals surface area (Å²) >= 11 is 7.68. The van der Waals surface area contributed by atoms with E-state index < -0.39 is 23.9 Å². The lowest BCUT2D eigenvalue weighted by Gasteiger charge is -2.18. The smallest absolute Gasteiger partial charge is 0.341 e. The van der Waals surface area contributed by atoms with Gasteiger partial charge in [0.05, 0.1) is 24.7 Å². The molecule has 8 nitrogen and oxygen atoms in total. The first-order chi connectivity index (χ1) is 19.7. The molecule has 0 fully saturated rings. The molecule has 2 aromatic heterocycles. The minimum Gasteiger partial charge on any atom is -0.497 e. The van der Waals surface area contributed by atoms with Gasteiger partial charge in [0.1, 0.15) is 16.3 Å². The molecule has 0 saturated heterocycles. The Balaban J connectivity index is 1.47. The molecule has 1 aliphatic rings. The third-order valence-corrected chi connectivity index (χ3v) is 8.65. The van der Waals surface area contributed by atoms with E-state index in [-0.39, 0.29) is 23.5 Å². The van der Waals surface area contributed by atoms with Gasteiger partial charge in [0.2, 0.25) is 11.2 Å². The van der Waals surface area contributed by atoms with E-state index in [1.165, 1.54) is 17.4 Å². The molecule has 41 heavy (non-hydrogen) atoms. The molecule has 1 atom stereocenters. The number of benzene rings is 2. The maximum atomic E-state index is 13.6. The fraction of sp³-hybridized carbons (Fsp3) is 0.323. The Morgan fingerprint density at radius 3 is 2.66 bits per heavy atom. The minimum absolute atomic E-state index is 0.123. The summed E-state index contributed by atoms with van der Waals surface area (Å²) in [7, 11) is 1.56. The second-order valence-electron chi connectivity index (χ2n) is 10.0. The zero-order chi connectivity index (χ0) is 29.3. The number of hydrogen-bond acceptors (Lipinski definition) is 8. The number of fused-ring (bicyclic) bond motifs is 2. The van der Waals surface area contributed by atoms with Crippen molar-refractivity contribution in [2.24, 2.45) is 5.92 Å². The SMILES string of the molecule is CCOC(=O)c1c(NC(=O)COc2c(-c3ccc(OC)cc3)oc3cc(C)c(Cl)cc3c2=O)sc2c1CCC(C)C2. The highest BCUT2D eigenvalue weighted by atomic mass is 35.5. The number of hydrogen-bond donors (Lipinski definition) is 1. The standard InChI is InChI=1S/C31H30ClNO7S/c1-5-38-31(36)26-20-11-6-16(2)12-24(20)41-30(26)33-25(34)15-39-29-27(35)21-14-22(32)17(3)13-23(21)40-28(29)18-7-9-19(37-4)10-8-18/h7-10,13-14,16H,5-6,11-12,15H2,1-4H3,(H,33,34). The van der Waals surface area contributed by atoms with Crippen LogP contribution in [0.3, 0.4) is 0 Å². The van der Waals surface area contributed by atoms with Gasteiger partial charge in [0.25, 0.3) is 5.91 Å². The quantitative estimate of drug-likeness (QED) is 0.223. The molecule has 2 aromatic carbocycles. The summed E-state index contributed by atoms with van der Waals surface area (Å²) in [4.78, 5) is 40.7. The number of amides is 1. The van der Waals surface area contributed by atoms with E-state index in [9.17, 15) is 14.4 Å². The Morgan fingerprint density at radius 1 is 1.20 bits per heavy atom. The van der Waals surface area contributed by atoms with Gasteiger partial charge < -0.3 is 23.9 Å². The van der Waals surface area contributed by atoms with Crippen molar-refractivity contribution in [3.05, 3.63) is 73.2 Å². The number of rotatable bonds is 8. The summed E-state index contributed by atoms with van der Waals surface area (Å²) < 4.78 is 22.5. The molecule has 5 rings (SSSR count). The van der Waals surface area contributed by atoms with Gasteiger partial charge in [-0.3, -0.25) is 9.59 Å². The highest BCUT2D eigenvalue weighted by Crippen LogP contribution is 2.40. The molecule has 10 heteroatoms. The van der Waals surface area contributed by atoms with E-state index in [1.807, 2.05) is 6.92 Å². The number of carbonyl (C=O) groups is 2. The molecule has 0 spiro atoms. The number of anilines is 1. The number of carbonyl (C=O) groups excluding carboxylic acids is 2. The maximum absolute atomic E-state index is 13.6. The summed E-state index contributed by atoms with van der Waals surface area (Å²) in [6.45, 7) is 5.47. The van der Waals surface area contributed by atoms with Crippen molar-refractivity contribution in [2.75, 3.05) is 25.6 Å². The lowest BCUT2D eigenvalue weighted by molar-refractivity contribution is -0.118. The minimum atomic E-state index is -0.524. The Hall–Kier alpha value is -3.82. The van der Waals surface area contributed by atoms with Gasteiger partial charge in [-0.05, 0) is 86.6 Å². The predicted molar refractivity (Wildman–Crippen MR) is 160 cm³/mol. The van der Waals surface area contributed by atoms with Crippen LogP contribution in [0.5, 0.6) is 11.5 Å². The summed E-state index contributed by atoms with van der Waals surface area (Å²) in [5.74, 6) is 0.190. The second-order valence-corrected chi connectivity index (χ2v) is 11.5. The second kappa shape index (κ2) is 12.0. The molecular weight excluding hydrogens is 566 g/mol. The van der Waals surface area contributed by atoms with Gasteiger partial charge in [-0.15, -0.1) is 11.3 Å². The predicted octanol–water partition coefficient (Wildman–Crippen LogP) is 6.81. The first-order valence-corrected chi connectivity index (χ1v) is 14.5. The Bertz CT molecular complexity index is 1690. The van der Waals surface area contributed by atoms with Gasteiger partial charge in [0.15, 0.2) is 12.4 Å². The van der Waals surface area contributed by atoms with Crippen molar-refractivity contribution in [1.29, 1.82) is 0 Å². The van der Waals surface area contributed by atoms with Crippen LogP contribution in [0, 0.1) is 12.8 Å². The molecule has 0 radical (unpaired) electrons. The van der Waals surface area contributed by atoms with E-state index in [4.69, 9.17) is 30.2 Å². The van der Waals surface area contributed by atoms with E-state index in [0.717, 1.165) is 35.3 Å². The van der Waals surface area contributed by atoms with Crippen LogP contribution in [0.2, 0.25) is 5.02 Å². The molecule has 1 N–H and O–H groups in total. The number of nitrogens with one attached hydrogen (secondary N) is 1. The first-order valence-electron chi connectivity index (χ1n) is 13.4. The molecule has 1 unspecified atom stereocenters. The Morgan fingerprint density at radius 2 is 1.95 bits per heavy atom. The van der Waals surface area contributed by atoms with Crippen molar-refractivity contribution in [1.82, 2.24) is 0 Å². The van der Waals surface area contributed by atoms with E-state index in [1.54, 1.807) is 44.4 Å². The van der Waals surface area contributed by atoms with Crippen LogP contribution >= 0.6 is 22.9 Å². The third kappa shape index (κ3) is 5.83. The van der Waals surface area contributed by atoms with Gasteiger partial charge in [-0.1, -0.05) is 18.5 Å². The molecule has 0 saturated carbocycles. The van der Waals surface area contributed by atoms with Crippen LogP contribution < -0.4 is 20.2 Å². The average molecular weight is 596 g/mol. The van der Waals surface area contributed by atoms with E-state index in [2.05, 4.69) is 12.2 Å². The highest BCUT2D eigenvalue weighted by Gasteiger charge is 2.29. The number of esters is 1. The molecule has 0 aliphatic heterocycles. The van der Waals surface area contributed by atoms with Crippen LogP contribution in [-0.2, 0) is 22.4 Å².